The van der Waals surface area contributed by atoms with Gasteiger partial charge in [0, 0.05) is 6.20 Å². The quantitative estimate of drug-likeness (QED) is 0.612. The molecule has 1 aromatic heterocycles. The average molecular weight is 176 g/mol. The fourth-order valence-corrected chi connectivity index (χ4v) is 0.924. The van der Waals surface area contributed by atoms with Crippen molar-refractivity contribution in [3.63, 3.8) is 0 Å². The molecule has 5 nitrogen and oxygen atoms in total. The largest absolute Gasteiger partial charge is 0.291 e. The molecule has 1 fully saturated rings. The van der Waals surface area contributed by atoms with Gasteiger partial charge in [0.05, 0.1) is 18.3 Å². The van der Waals surface area contributed by atoms with Gasteiger partial charge in [-0.15, -0.1) is 0 Å². The number of hydroxylamine groups is 2. The Labute approximate surface area is 75.5 Å². The molecule has 2 atom stereocenters. The molecule has 2 rings (SSSR count). The monoisotopic (exact) mass is 176 g/mol. The molecule has 13 heavy (non-hydrogen) atoms. The smallest absolute Gasteiger partial charge is 0.137 e. The first-order valence-corrected chi connectivity index (χ1v) is 3.94. The highest BCUT2D eigenvalue weighted by atomic mass is 16.7. The number of aromatic nitrogens is 2. The Morgan fingerprint density at radius 1 is 1.77 bits per heavy atom. The van der Waals surface area contributed by atoms with Crippen LogP contribution in [0.2, 0.25) is 0 Å². The minimum atomic E-state index is -0.0677. The molecule has 0 spiro atoms. The van der Waals surface area contributed by atoms with Gasteiger partial charge in [-0.2, -0.15) is 10.3 Å². The first-order valence-electron chi connectivity index (χ1n) is 3.94. The summed E-state index contributed by atoms with van der Waals surface area (Å²) in [4.78, 5) is 13.0. The number of hydrogen-bond acceptors (Lipinski definition) is 5. The Balaban J connectivity index is 1.79. The zero-order valence-corrected chi connectivity index (χ0v) is 6.92. The third-order valence-electron chi connectivity index (χ3n) is 1.74. The molecule has 1 saturated heterocycles. The van der Waals surface area contributed by atoms with Crippen molar-refractivity contribution in [2.75, 3.05) is 6.54 Å². The van der Waals surface area contributed by atoms with Crippen LogP contribution >= 0.6 is 0 Å². The second-order valence-corrected chi connectivity index (χ2v) is 2.72. The minimum absolute atomic E-state index is 0.0677. The summed E-state index contributed by atoms with van der Waals surface area (Å²) in [7, 11) is 0. The zero-order chi connectivity index (χ0) is 9.10. The molecule has 0 saturated carbocycles. The zero-order valence-electron chi connectivity index (χ0n) is 6.92. The Hall–Kier alpha value is -1.51. The molecule has 1 aromatic rings. The Morgan fingerprint density at radius 3 is 3.31 bits per heavy atom. The highest BCUT2D eigenvalue weighted by Gasteiger charge is 2.35. The highest BCUT2D eigenvalue weighted by Crippen LogP contribution is 2.17. The van der Waals surface area contributed by atoms with Crippen LogP contribution in [0, 0.1) is 11.3 Å². The van der Waals surface area contributed by atoms with E-state index in [0.29, 0.717) is 13.2 Å². The van der Waals surface area contributed by atoms with Gasteiger partial charge >= 0.3 is 0 Å². The maximum absolute atomic E-state index is 8.48. The van der Waals surface area contributed by atoms with Crippen LogP contribution in [-0.4, -0.2) is 27.6 Å². The third kappa shape index (κ3) is 1.99. The molecule has 1 aliphatic heterocycles. The lowest BCUT2D eigenvalue weighted by Gasteiger charge is -2.01. The Kier molecular flexibility index (Phi) is 2.17. The fourth-order valence-electron chi connectivity index (χ4n) is 0.924. The lowest BCUT2D eigenvalue weighted by molar-refractivity contribution is -0.0839. The molecule has 1 aliphatic rings. The molecule has 2 heterocycles. The number of nitriles is 1. The Morgan fingerprint density at radius 2 is 2.69 bits per heavy atom. The van der Waals surface area contributed by atoms with Crippen molar-refractivity contribution in [3.8, 4) is 6.07 Å². The lowest BCUT2D eigenvalue weighted by Crippen LogP contribution is -2.03. The number of rotatable bonds is 3. The van der Waals surface area contributed by atoms with Crippen molar-refractivity contribution in [3.05, 3.63) is 24.3 Å². The average Bonchev–Trinajstić information content (AvgIpc) is 2.95. The van der Waals surface area contributed by atoms with Crippen LogP contribution in [0.1, 0.15) is 5.69 Å². The first kappa shape index (κ1) is 8.10. The van der Waals surface area contributed by atoms with E-state index in [0.717, 1.165) is 5.69 Å². The van der Waals surface area contributed by atoms with Gasteiger partial charge in [0.25, 0.3) is 0 Å². The molecule has 0 aromatic carbocycles. The molecular formula is C8H8N4O. The SMILES string of the molecule is N#CC1CN1OCc1ccncn1. The molecule has 0 amide bonds. The van der Waals surface area contributed by atoms with Crippen LogP contribution in [-0.2, 0) is 11.4 Å². The van der Waals surface area contributed by atoms with Crippen molar-refractivity contribution in [1.29, 1.82) is 5.26 Å². The molecule has 0 aliphatic carbocycles. The van der Waals surface area contributed by atoms with Gasteiger partial charge in [0.1, 0.15) is 19.0 Å². The molecule has 0 N–H and O–H groups in total. The maximum atomic E-state index is 8.48. The van der Waals surface area contributed by atoms with Gasteiger partial charge in [-0.05, 0) is 6.07 Å². The molecule has 0 radical (unpaired) electrons. The molecular weight excluding hydrogens is 168 g/mol. The predicted molar refractivity (Wildman–Crippen MR) is 42.9 cm³/mol. The summed E-state index contributed by atoms with van der Waals surface area (Å²) in [6.07, 6.45) is 3.14. The topological polar surface area (TPSA) is 61.8 Å². The summed E-state index contributed by atoms with van der Waals surface area (Å²) >= 11 is 0. The predicted octanol–water partition coefficient (Wildman–Crippen LogP) is 0.116. The van der Waals surface area contributed by atoms with E-state index < -0.39 is 0 Å². The van der Waals surface area contributed by atoms with Gasteiger partial charge in [-0.1, -0.05) is 0 Å². The van der Waals surface area contributed by atoms with E-state index in [1.54, 1.807) is 17.3 Å². The lowest BCUT2D eigenvalue weighted by atomic mass is 10.4. The van der Waals surface area contributed by atoms with Crippen LogP contribution in [0.3, 0.4) is 0 Å². The van der Waals surface area contributed by atoms with Crippen molar-refractivity contribution in [2.24, 2.45) is 0 Å². The van der Waals surface area contributed by atoms with E-state index in [2.05, 4.69) is 16.0 Å². The third-order valence-corrected chi connectivity index (χ3v) is 1.74. The van der Waals surface area contributed by atoms with Gasteiger partial charge in [0.15, 0.2) is 0 Å². The second kappa shape index (κ2) is 3.47. The summed E-state index contributed by atoms with van der Waals surface area (Å²) in [6.45, 7) is 1.10. The second-order valence-electron chi connectivity index (χ2n) is 2.72. The molecule has 5 heteroatoms. The number of nitrogens with zero attached hydrogens (tertiary/aromatic N) is 4. The summed E-state index contributed by atoms with van der Waals surface area (Å²) in [5, 5.41) is 10.1. The van der Waals surface area contributed by atoms with E-state index in [1.807, 2.05) is 0 Å². The molecule has 66 valence electrons. The van der Waals surface area contributed by atoms with Crippen molar-refractivity contribution in [2.45, 2.75) is 12.6 Å². The Bertz CT molecular complexity index is 321. The maximum Gasteiger partial charge on any atom is 0.137 e. The first-order chi connectivity index (χ1) is 6.40. The summed E-state index contributed by atoms with van der Waals surface area (Å²) in [5.41, 5.74) is 0.818. The van der Waals surface area contributed by atoms with E-state index in [9.17, 15) is 0 Å². The van der Waals surface area contributed by atoms with Crippen molar-refractivity contribution < 1.29 is 4.84 Å². The van der Waals surface area contributed by atoms with E-state index in [4.69, 9.17) is 10.1 Å². The van der Waals surface area contributed by atoms with Gasteiger partial charge in [-0.3, -0.25) is 4.84 Å². The van der Waals surface area contributed by atoms with Crippen LogP contribution < -0.4 is 0 Å². The molecule has 2 unspecified atom stereocenters. The fraction of sp³-hybridized carbons (Fsp3) is 0.375. The van der Waals surface area contributed by atoms with E-state index in [-0.39, 0.29) is 6.04 Å². The van der Waals surface area contributed by atoms with Crippen LogP contribution in [0.4, 0.5) is 0 Å². The summed E-state index contributed by atoms with van der Waals surface area (Å²) < 4.78 is 0. The van der Waals surface area contributed by atoms with Crippen molar-refractivity contribution >= 4 is 0 Å². The van der Waals surface area contributed by atoms with Gasteiger partial charge in [0.2, 0.25) is 0 Å². The van der Waals surface area contributed by atoms with E-state index >= 15 is 0 Å². The van der Waals surface area contributed by atoms with E-state index in [1.165, 1.54) is 6.33 Å². The van der Waals surface area contributed by atoms with Gasteiger partial charge < -0.3 is 0 Å². The minimum Gasteiger partial charge on any atom is -0.291 e. The standard InChI is InChI=1S/C8H8N4O/c9-3-8-4-12(8)13-5-7-1-2-10-6-11-7/h1-2,6,8H,4-5H2. The van der Waals surface area contributed by atoms with Crippen LogP contribution in [0.15, 0.2) is 18.6 Å². The van der Waals surface area contributed by atoms with Crippen LogP contribution in [0.25, 0.3) is 0 Å². The normalized spacial score (nSPS) is 25.2. The summed E-state index contributed by atoms with van der Waals surface area (Å²) in [6, 6.07) is 3.81. The van der Waals surface area contributed by atoms with Crippen LogP contribution in [0.5, 0.6) is 0 Å². The molecule has 0 bridgehead atoms. The number of hydrogen-bond donors (Lipinski definition) is 0. The highest BCUT2D eigenvalue weighted by molar-refractivity contribution is 5.02. The van der Waals surface area contributed by atoms with Gasteiger partial charge in [-0.25, -0.2) is 9.97 Å². The summed E-state index contributed by atoms with van der Waals surface area (Å²) in [5.74, 6) is 0. The van der Waals surface area contributed by atoms with Crippen molar-refractivity contribution in [1.82, 2.24) is 15.0 Å².